The Labute approximate surface area is 156 Å². The summed E-state index contributed by atoms with van der Waals surface area (Å²) in [4.78, 5) is 25.9. The number of carbonyl (C=O) groups excluding carboxylic acids is 1. The number of benzene rings is 1. The normalized spacial score (nSPS) is 11.8. The number of amides is 1. The van der Waals surface area contributed by atoms with Gasteiger partial charge in [0.2, 0.25) is 11.9 Å². The summed E-state index contributed by atoms with van der Waals surface area (Å²) in [5.74, 6) is 0.664. The average molecular weight is 367 g/mol. The molecule has 0 saturated heterocycles. The maximum Gasteiger partial charge on any atom is 0.227 e. The Morgan fingerprint density at radius 3 is 2.65 bits per heavy atom. The molecule has 1 aromatic carbocycles. The van der Waals surface area contributed by atoms with Crippen LogP contribution < -0.4 is 10.6 Å². The highest BCUT2D eigenvalue weighted by atomic mass is 32.1. The van der Waals surface area contributed by atoms with Gasteiger partial charge in [0, 0.05) is 18.8 Å². The zero-order valence-electron chi connectivity index (χ0n) is 15.0. The van der Waals surface area contributed by atoms with E-state index in [9.17, 15) is 4.79 Å². The first-order chi connectivity index (χ1) is 12.6. The van der Waals surface area contributed by atoms with Crippen molar-refractivity contribution in [1.29, 1.82) is 0 Å². The van der Waals surface area contributed by atoms with E-state index in [0.717, 1.165) is 28.4 Å². The van der Waals surface area contributed by atoms with Gasteiger partial charge in [0.25, 0.3) is 0 Å². The average Bonchev–Trinajstić information content (AvgIpc) is 3.05. The summed E-state index contributed by atoms with van der Waals surface area (Å²) in [6.07, 6.45) is 2.68. The third kappa shape index (κ3) is 4.23. The largest absolute Gasteiger partial charge is 0.324 e. The number of anilines is 3. The molecule has 0 bridgehead atoms. The van der Waals surface area contributed by atoms with Gasteiger partial charge in [-0.2, -0.15) is 0 Å². The highest BCUT2D eigenvalue weighted by molar-refractivity contribution is 7.19. The highest BCUT2D eigenvalue weighted by Gasteiger charge is 2.19. The number of nitrogens with zero attached hydrogens (tertiary/aromatic N) is 3. The Morgan fingerprint density at radius 1 is 1.19 bits per heavy atom. The number of para-hydroxylation sites is 1. The molecule has 0 radical (unpaired) electrons. The SMILES string of the molecule is CCC(C)c1nc(NC(C)=O)sc1-c1ccnc(Nc2ccccc2)n1. The fourth-order valence-corrected chi connectivity index (χ4v) is 3.54. The zero-order valence-corrected chi connectivity index (χ0v) is 15.8. The molecule has 2 heterocycles. The molecule has 6 nitrogen and oxygen atoms in total. The van der Waals surface area contributed by atoms with Crippen LogP contribution in [0.15, 0.2) is 42.6 Å². The predicted molar refractivity (Wildman–Crippen MR) is 106 cm³/mol. The van der Waals surface area contributed by atoms with Crippen LogP contribution in [0.1, 0.15) is 38.8 Å². The van der Waals surface area contributed by atoms with Crippen molar-refractivity contribution in [3.63, 3.8) is 0 Å². The van der Waals surface area contributed by atoms with Crippen molar-refractivity contribution in [2.75, 3.05) is 10.6 Å². The number of carbonyl (C=O) groups is 1. The highest BCUT2D eigenvalue weighted by Crippen LogP contribution is 2.37. The third-order valence-electron chi connectivity index (χ3n) is 3.93. The lowest BCUT2D eigenvalue weighted by atomic mass is 10.0. The topological polar surface area (TPSA) is 79.8 Å². The van der Waals surface area contributed by atoms with Gasteiger partial charge in [0.05, 0.1) is 16.3 Å². The van der Waals surface area contributed by atoms with Crippen LogP contribution in [0.3, 0.4) is 0 Å². The molecule has 0 aliphatic carbocycles. The summed E-state index contributed by atoms with van der Waals surface area (Å²) in [5, 5.41) is 6.58. The third-order valence-corrected chi connectivity index (χ3v) is 4.94. The van der Waals surface area contributed by atoms with E-state index in [1.165, 1.54) is 18.3 Å². The minimum Gasteiger partial charge on any atom is -0.324 e. The van der Waals surface area contributed by atoms with E-state index in [1.807, 2.05) is 36.4 Å². The Hall–Kier alpha value is -2.80. The van der Waals surface area contributed by atoms with Gasteiger partial charge in [-0.05, 0) is 30.5 Å². The Balaban J connectivity index is 1.96. The minimum atomic E-state index is -0.130. The predicted octanol–water partition coefficient (Wildman–Crippen LogP) is 4.82. The minimum absolute atomic E-state index is 0.130. The molecule has 134 valence electrons. The number of thiazole rings is 1. The van der Waals surface area contributed by atoms with Crippen molar-refractivity contribution < 1.29 is 4.79 Å². The van der Waals surface area contributed by atoms with Gasteiger partial charge in [0.15, 0.2) is 5.13 Å². The molecule has 3 rings (SSSR count). The standard InChI is InChI=1S/C19H21N5OS/c1-4-12(2)16-17(26-19(24-16)21-13(3)25)15-10-11-20-18(23-15)22-14-8-6-5-7-9-14/h5-12H,4H2,1-3H3,(H,20,22,23)(H,21,24,25). The first kappa shape index (κ1) is 18.0. The lowest BCUT2D eigenvalue weighted by molar-refractivity contribution is -0.114. The second kappa shape index (κ2) is 8.05. The van der Waals surface area contributed by atoms with Crippen molar-refractivity contribution in [3.05, 3.63) is 48.3 Å². The summed E-state index contributed by atoms with van der Waals surface area (Å²) in [6.45, 7) is 5.73. The van der Waals surface area contributed by atoms with E-state index in [4.69, 9.17) is 0 Å². The van der Waals surface area contributed by atoms with Crippen molar-refractivity contribution in [2.45, 2.75) is 33.1 Å². The molecule has 0 saturated carbocycles. The molecule has 0 aliphatic heterocycles. The van der Waals surface area contributed by atoms with Gasteiger partial charge < -0.3 is 10.6 Å². The number of nitrogens with one attached hydrogen (secondary N) is 2. The van der Waals surface area contributed by atoms with Gasteiger partial charge in [-0.25, -0.2) is 15.0 Å². The second-order valence-electron chi connectivity index (χ2n) is 5.98. The van der Waals surface area contributed by atoms with E-state index in [0.29, 0.717) is 11.1 Å². The van der Waals surface area contributed by atoms with Crippen LogP contribution in [0, 0.1) is 0 Å². The van der Waals surface area contributed by atoms with Crippen LogP contribution in [0.5, 0.6) is 0 Å². The van der Waals surface area contributed by atoms with Gasteiger partial charge >= 0.3 is 0 Å². The quantitative estimate of drug-likeness (QED) is 0.653. The maximum atomic E-state index is 11.4. The Kier molecular flexibility index (Phi) is 5.58. The fourth-order valence-electron chi connectivity index (χ4n) is 2.44. The molecular weight excluding hydrogens is 346 g/mol. The van der Waals surface area contributed by atoms with E-state index in [2.05, 4.69) is 39.4 Å². The molecule has 1 atom stereocenters. The van der Waals surface area contributed by atoms with Crippen molar-refractivity contribution >= 4 is 34.0 Å². The molecule has 2 aromatic heterocycles. The van der Waals surface area contributed by atoms with Gasteiger partial charge in [0.1, 0.15) is 0 Å². The summed E-state index contributed by atoms with van der Waals surface area (Å²) in [6, 6.07) is 11.7. The van der Waals surface area contributed by atoms with Gasteiger partial charge in [-0.15, -0.1) is 0 Å². The van der Waals surface area contributed by atoms with Crippen molar-refractivity contribution in [1.82, 2.24) is 15.0 Å². The summed E-state index contributed by atoms with van der Waals surface area (Å²) < 4.78 is 0. The smallest absolute Gasteiger partial charge is 0.227 e. The van der Waals surface area contributed by atoms with Crippen LogP contribution in [-0.4, -0.2) is 20.9 Å². The van der Waals surface area contributed by atoms with Crippen molar-refractivity contribution in [2.24, 2.45) is 0 Å². The van der Waals surface area contributed by atoms with Crippen LogP contribution in [-0.2, 0) is 4.79 Å². The van der Waals surface area contributed by atoms with Gasteiger partial charge in [-0.3, -0.25) is 4.79 Å². The molecule has 1 unspecified atom stereocenters. The monoisotopic (exact) mass is 367 g/mol. The van der Waals surface area contributed by atoms with Gasteiger partial charge in [-0.1, -0.05) is 43.4 Å². The summed E-state index contributed by atoms with van der Waals surface area (Å²) >= 11 is 1.44. The summed E-state index contributed by atoms with van der Waals surface area (Å²) in [5.41, 5.74) is 2.67. The van der Waals surface area contributed by atoms with E-state index in [1.54, 1.807) is 6.20 Å². The van der Waals surface area contributed by atoms with Crippen molar-refractivity contribution in [3.8, 4) is 10.6 Å². The molecular formula is C19H21N5OS. The summed E-state index contributed by atoms with van der Waals surface area (Å²) in [7, 11) is 0. The molecule has 0 fully saturated rings. The lowest BCUT2D eigenvalue weighted by Gasteiger charge is -2.09. The molecule has 0 aliphatic rings. The number of hydrogen-bond acceptors (Lipinski definition) is 6. The molecule has 2 N–H and O–H groups in total. The Morgan fingerprint density at radius 2 is 1.96 bits per heavy atom. The number of hydrogen-bond donors (Lipinski definition) is 2. The first-order valence-electron chi connectivity index (χ1n) is 8.50. The second-order valence-corrected chi connectivity index (χ2v) is 6.98. The van der Waals surface area contributed by atoms with Crippen LogP contribution >= 0.6 is 11.3 Å². The molecule has 26 heavy (non-hydrogen) atoms. The Bertz CT molecular complexity index is 894. The first-order valence-corrected chi connectivity index (χ1v) is 9.32. The van der Waals surface area contributed by atoms with E-state index in [-0.39, 0.29) is 11.8 Å². The van der Waals surface area contributed by atoms with E-state index < -0.39 is 0 Å². The van der Waals surface area contributed by atoms with Crippen LogP contribution in [0.25, 0.3) is 10.6 Å². The maximum absolute atomic E-state index is 11.4. The van der Waals surface area contributed by atoms with Crippen LogP contribution in [0.2, 0.25) is 0 Å². The molecule has 3 aromatic rings. The molecule has 0 spiro atoms. The lowest BCUT2D eigenvalue weighted by Crippen LogP contribution is -2.05. The molecule has 1 amide bonds. The fraction of sp³-hybridized carbons (Fsp3) is 0.263. The number of rotatable bonds is 6. The number of aromatic nitrogens is 3. The van der Waals surface area contributed by atoms with Crippen LogP contribution in [0.4, 0.5) is 16.8 Å². The zero-order chi connectivity index (χ0) is 18.5. The molecule has 7 heteroatoms. The van der Waals surface area contributed by atoms with E-state index >= 15 is 0 Å².